The number of hydrogen-bond donors (Lipinski definition) is 0. The number of likely N-dealkylation sites (N-methyl/N-ethyl adjacent to an activating group) is 1. The van der Waals surface area contributed by atoms with Crippen LogP contribution >= 0.6 is 11.3 Å². The Balaban J connectivity index is 1.67. The molecule has 0 N–H and O–H groups in total. The lowest BCUT2D eigenvalue weighted by atomic mass is 10.1. The van der Waals surface area contributed by atoms with Crippen molar-refractivity contribution in [2.24, 2.45) is 0 Å². The Hall–Kier alpha value is -1.73. The molecule has 2 fully saturated rings. The Kier molecular flexibility index (Phi) is 3.27. The Labute approximate surface area is 133 Å². The average molecular weight is 317 g/mol. The molecule has 4 heterocycles. The predicted octanol–water partition coefficient (Wildman–Crippen LogP) is 0.962. The lowest BCUT2D eigenvalue weighted by Gasteiger charge is -2.45. The minimum atomic E-state index is -0.0430. The van der Waals surface area contributed by atoms with E-state index in [4.69, 9.17) is 0 Å². The number of anilines is 1. The van der Waals surface area contributed by atoms with Gasteiger partial charge in [-0.15, -0.1) is 11.3 Å². The van der Waals surface area contributed by atoms with E-state index in [1.165, 1.54) is 5.56 Å². The smallest absolute Gasteiger partial charge is 0.241 e. The van der Waals surface area contributed by atoms with Crippen molar-refractivity contribution < 1.29 is 4.79 Å². The lowest BCUT2D eigenvalue weighted by Crippen LogP contribution is -2.64. The second kappa shape index (κ2) is 5.17. The molecule has 4 rings (SSSR count). The monoisotopic (exact) mass is 317 g/mol. The first kappa shape index (κ1) is 13.9. The molecule has 116 valence electrons. The first-order valence-corrected chi connectivity index (χ1v) is 8.46. The zero-order valence-corrected chi connectivity index (χ0v) is 13.6. The van der Waals surface area contributed by atoms with Crippen molar-refractivity contribution in [2.45, 2.75) is 13.0 Å². The SMILES string of the molecule is Cc1csc2c(N3CCN4CCN(C)C(=O)C4C3)ncnc12. The van der Waals surface area contributed by atoms with Gasteiger partial charge in [-0.1, -0.05) is 0 Å². The summed E-state index contributed by atoms with van der Waals surface area (Å²) in [5.74, 6) is 1.20. The van der Waals surface area contributed by atoms with E-state index in [1.54, 1.807) is 17.7 Å². The van der Waals surface area contributed by atoms with Gasteiger partial charge < -0.3 is 9.80 Å². The number of hydrogen-bond acceptors (Lipinski definition) is 6. The fourth-order valence-corrected chi connectivity index (χ4v) is 4.36. The van der Waals surface area contributed by atoms with E-state index >= 15 is 0 Å². The van der Waals surface area contributed by atoms with Gasteiger partial charge in [0, 0.05) is 39.8 Å². The van der Waals surface area contributed by atoms with Crippen molar-refractivity contribution >= 4 is 33.3 Å². The molecule has 2 aromatic rings. The Morgan fingerprint density at radius 3 is 2.91 bits per heavy atom. The summed E-state index contributed by atoms with van der Waals surface area (Å²) >= 11 is 1.69. The third-order valence-corrected chi connectivity index (χ3v) is 5.77. The quantitative estimate of drug-likeness (QED) is 0.784. The number of aromatic nitrogens is 2. The maximum absolute atomic E-state index is 12.4. The summed E-state index contributed by atoms with van der Waals surface area (Å²) in [7, 11) is 1.89. The van der Waals surface area contributed by atoms with E-state index in [0.29, 0.717) is 6.54 Å². The second-order valence-electron chi connectivity index (χ2n) is 6.05. The largest absolute Gasteiger partial charge is 0.352 e. The lowest BCUT2D eigenvalue weighted by molar-refractivity contribution is -0.140. The fraction of sp³-hybridized carbons (Fsp3) is 0.533. The molecule has 2 saturated heterocycles. The zero-order chi connectivity index (χ0) is 15.3. The summed E-state index contributed by atoms with van der Waals surface area (Å²) in [6, 6.07) is -0.0430. The molecule has 1 amide bonds. The van der Waals surface area contributed by atoms with Gasteiger partial charge in [0.2, 0.25) is 5.91 Å². The summed E-state index contributed by atoms with van der Waals surface area (Å²) in [6.07, 6.45) is 1.64. The number of aryl methyl sites for hydroxylation is 1. The number of fused-ring (bicyclic) bond motifs is 2. The minimum Gasteiger partial charge on any atom is -0.352 e. The Bertz CT molecular complexity index is 730. The molecule has 1 atom stereocenters. The average Bonchev–Trinajstić information content (AvgIpc) is 2.92. The van der Waals surface area contributed by atoms with E-state index < -0.39 is 0 Å². The van der Waals surface area contributed by atoms with Gasteiger partial charge in [-0.05, 0) is 17.9 Å². The normalized spacial score (nSPS) is 23.2. The first-order chi connectivity index (χ1) is 10.6. The minimum absolute atomic E-state index is 0.0430. The van der Waals surface area contributed by atoms with Crippen LogP contribution in [0.25, 0.3) is 10.2 Å². The second-order valence-corrected chi connectivity index (χ2v) is 6.93. The number of rotatable bonds is 1. The van der Waals surface area contributed by atoms with E-state index in [-0.39, 0.29) is 11.9 Å². The molecule has 2 aromatic heterocycles. The number of nitrogens with zero attached hydrogens (tertiary/aromatic N) is 5. The molecular weight excluding hydrogens is 298 g/mol. The van der Waals surface area contributed by atoms with E-state index in [0.717, 1.165) is 42.2 Å². The molecule has 22 heavy (non-hydrogen) atoms. The van der Waals surface area contributed by atoms with Gasteiger partial charge in [-0.25, -0.2) is 9.97 Å². The topological polar surface area (TPSA) is 52.6 Å². The van der Waals surface area contributed by atoms with Crippen LogP contribution in [0.2, 0.25) is 0 Å². The van der Waals surface area contributed by atoms with Gasteiger partial charge in [-0.2, -0.15) is 0 Å². The van der Waals surface area contributed by atoms with Crippen LogP contribution in [0.4, 0.5) is 5.82 Å². The van der Waals surface area contributed by atoms with Crippen LogP contribution < -0.4 is 4.90 Å². The standard InChI is InChI=1S/C15H19N5OS/c1-10-8-22-13-12(10)16-9-17-14(13)20-6-5-19-4-3-18(2)15(21)11(19)7-20/h8-9,11H,3-7H2,1-2H3. The highest BCUT2D eigenvalue weighted by molar-refractivity contribution is 7.18. The van der Waals surface area contributed by atoms with E-state index in [2.05, 4.69) is 32.1 Å². The highest BCUT2D eigenvalue weighted by Gasteiger charge is 2.38. The van der Waals surface area contributed by atoms with Crippen LogP contribution in [0.1, 0.15) is 5.56 Å². The molecule has 7 heteroatoms. The van der Waals surface area contributed by atoms with Gasteiger partial charge in [0.05, 0.1) is 10.2 Å². The highest BCUT2D eigenvalue weighted by atomic mass is 32.1. The van der Waals surface area contributed by atoms with Crippen LogP contribution in [0.15, 0.2) is 11.7 Å². The van der Waals surface area contributed by atoms with Gasteiger partial charge in [-0.3, -0.25) is 9.69 Å². The molecule has 2 aliphatic rings. The van der Waals surface area contributed by atoms with E-state index in [1.807, 2.05) is 11.9 Å². The maximum atomic E-state index is 12.4. The van der Waals surface area contributed by atoms with Crippen LogP contribution in [0.5, 0.6) is 0 Å². The Morgan fingerprint density at radius 2 is 2.05 bits per heavy atom. The summed E-state index contributed by atoms with van der Waals surface area (Å²) in [5.41, 5.74) is 2.22. The Morgan fingerprint density at radius 1 is 1.23 bits per heavy atom. The molecule has 0 saturated carbocycles. The zero-order valence-electron chi connectivity index (χ0n) is 12.8. The molecular formula is C15H19N5OS. The third kappa shape index (κ3) is 2.07. The van der Waals surface area contributed by atoms with Crippen molar-refractivity contribution in [2.75, 3.05) is 44.7 Å². The molecule has 0 spiro atoms. The van der Waals surface area contributed by atoms with Crippen LogP contribution in [-0.4, -0.2) is 71.5 Å². The van der Waals surface area contributed by atoms with Crippen molar-refractivity contribution in [1.29, 1.82) is 0 Å². The predicted molar refractivity (Wildman–Crippen MR) is 87.4 cm³/mol. The van der Waals surface area contributed by atoms with Crippen molar-refractivity contribution in [3.8, 4) is 0 Å². The molecule has 0 bridgehead atoms. The summed E-state index contributed by atoms with van der Waals surface area (Å²) in [5, 5.41) is 2.12. The van der Waals surface area contributed by atoms with Crippen molar-refractivity contribution in [3.05, 3.63) is 17.3 Å². The molecule has 0 radical (unpaired) electrons. The van der Waals surface area contributed by atoms with Crippen molar-refractivity contribution in [3.63, 3.8) is 0 Å². The fourth-order valence-electron chi connectivity index (χ4n) is 3.34. The van der Waals surface area contributed by atoms with Gasteiger partial charge >= 0.3 is 0 Å². The molecule has 1 unspecified atom stereocenters. The summed E-state index contributed by atoms with van der Waals surface area (Å²) in [6.45, 7) is 6.42. The molecule has 2 aliphatic heterocycles. The number of thiophene rings is 1. The highest BCUT2D eigenvalue weighted by Crippen LogP contribution is 2.32. The number of carbonyl (C=O) groups excluding carboxylic acids is 1. The van der Waals surface area contributed by atoms with Crippen LogP contribution in [-0.2, 0) is 4.79 Å². The first-order valence-electron chi connectivity index (χ1n) is 7.58. The maximum Gasteiger partial charge on any atom is 0.241 e. The molecule has 0 aliphatic carbocycles. The molecule has 0 aromatic carbocycles. The third-order valence-electron chi connectivity index (χ3n) is 4.69. The van der Waals surface area contributed by atoms with Gasteiger partial charge in [0.25, 0.3) is 0 Å². The number of piperazine rings is 2. The summed E-state index contributed by atoms with van der Waals surface area (Å²) in [4.78, 5) is 27.7. The summed E-state index contributed by atoms with van der Waals surface area (Å²) < 4.78 is 1.13. The van der Waals surface area contributed by atoms with Crippen molar-refractivity contribution in [1.82, 2.24) is 19.8 Å². The molecule has 6 nitrogen and oxygen atoms in total. The van der Waals surface area contributed by atoms with E-state index in [9.17, 15) is 4.79 Å². The van der Waals surface area contributed by atoms with Gasteiger partial charge in [0.15, 0.2) is 0 Å². The van der Waals surface area contributed by atoms with Crippen LogP contribution in [0, 0.1) is 6.92 Å². The van der Waals surface area contributed by atoms with Crippen LogP contribution in [0.3, 0.4) is 0 Å². The number of amides is 1. The van der Waals surface area contributed by atoms with Gasteiger partial charge in [0.1, 0.15) is 18.2 Å². The number of carbonyl (C=O) groups is 1.